The lowest BCUT2D eigenvalue weighted by molar-refractivity contribution is 1.06. The molecule has 2 aromatic heterocycles. The van der Waals surface area contributed by atoms with E-state index in [9.17, 15) is 10.5 Å². The third-order valence-corrected chi connectivity index (χ3v) is 18.4. The van der Waals surface area contributed by atoms with Gasteiger partial charge in [-0.15, -0.1) is 0 Å². The van der Waals surface area contributed by atoms with E-state index in [2.05, 4.69) is 193 Å². The summed E-state index contributed by atoms with van der Waals surface area (Å²) in [6, 6.07) is 93.6. The van der Waals surface area contributed by atoms with Crippen LogP contribution >= 0.6 is 0 Å². The van der Waals surface area contributed by atoms with Crippen molar-refractivity contribution < 1.29 is 0 Å². The van der Waals surface area contributed by atoms with E-state index in [4.69, 9.17) is 15.0 Å². The smallest absolute Gasteiger partial charge is 0.179 e. The average Bonchev–Trinajstić information content (AvgIpc) is 3.80. The first-order valence-corrected chi connectivity index (χ1v) is 25.9. The van der Waals surface area contributed by atoms with E-state index >= 15 is 0 Å². The van der Waals surface area contributed by atoms with Gasteiger partial charge in [0.1, 0.15) is 0 Å². The zero-order valence-electron chi connectivity index (χ0n) is 38.9. The zero-order chi connectivity index (χ0) is 48.4. The molecule has 72 heavy (non-hydrogen) atoms. The summed E-state index contributed by atoms with van der Waals surface area (Å²) in [6.45, 7) is 0. The first-order chi connectivity index (χ1) is 35.6. The number of benzene rings is 10. The highest BCUT2D eigenvalue weighted by Gasteiger charge is 2.41. The van der Waals surface area contributed by atoms with Gasteiger partial charge >= 0.3 is 0 Å². The molecule has 0 spiro atoms. The molecule has 7 heteroatoms. The fourth-order valence-electron chi connectivity index (χ4n) is 10.3. The van der Waals surface area contributed by atoms with Crippen molar-refractivity contribution >= 4 is 50.6 Å². The summed E-state index contributed by atoms with van der Waals surface area (Å²) < 4.78 is 2.32. The Bertz CT molecular complexity index is 3860. The number of hydrogen-bond acceptors (Lipinski definition) is 5. The monoisotopic (exact) mass is 934 g/mol. The lowest BCUT2D eigenvalue weighted by atomic mass is 9.99. The Kier molecular flexibility index (Phi) is 11.2. The summed E-state index contributed by atoms with van der Waals surface area (Å²) in [5.74, 6) is 1.67. The van der Waals surface area contributed by atoms with Crippen LogP contribution in [0.4, 0.5) is 0 Å². The van der Waals surface area contributed by atoms with Crippen molar-refractivity contribution in [2.45, 2.75) is 0 Å². The van der Waals surface area contributed by atoms with Crippen LogP contribution in [0.2, 0.25) is 0 Å². The maximum absolute atomic E-state index is 9.99. The summed E-state index contributed by atoms with van der Waals surface area (Å²) in [7, 11) is -2.87. The van der Waals surface area contributed by atoms with Crippen LogP contribution in [-0.4, -0.2) is 27.6 Å². The molecular formula is C65H42N6Si. The van der Waals surface area contributed by atoms with Gasteiger partial charge in [-0.3, -0.25) is 0 Å². The van der Waals surface area contributed by atoms with Gasteiger partial charge in [-0.25, -0.2) is 15.0 Å². The van der Waals surface area contributed by atoms with Crippen molar-refractivity contribution in [1.82, 2.24) is 19.5 Å². The molecule has 0 atom stereocenters. The molecule has 10 aromatic carbocycles. The van der Waals surface area contributed by atoms with E-state index in [-0.39, 0.29) is 0 Å². The maximum atomic E-state index is 9.99. The van der Waals surface area contributed by atoms with Gasteiger partial charge in [0.15, 0.2) is 25.5 Å². The Labute approximate surface area is 418 Å². The third kappa shape index (κ3) is 7.73. The van der Waals surface area contributed by atoms with Crippen molar-refractivity contribution in [2.24, 2.45) is 0 Å². The standard InChI is InChI=1S/C65H42N6Si/c66-43-45-37-46(44-67)39-52(38-45)51-33-35-58-57-31-16-17-32-60(57)71(61(58)42-51)62-41-50(34-36-59(62)65-69-63(47-19-6-1-7-20-47)68-64(70-65)48-21-8-2-9-22-48)49-23-18-30-56(40-49)72(53-24-10-3-11-25-53,54-26-12-4-13-27-54)55-28-14-5-15-29-55/h1-42H. The molecular weight excluding hydrogens is 893 g/mol. The fraction of sp³-hybridized carbons (Fsp3) is 0. The highest BCUT2D eigenvalue weighted by molar-refractivity contribution is 7.19. The van der Waals surface area contributed by atoms with Gasteiger partial charge < -0.3 is 4.57 Å². The normalized spacial score (nSPS) is 11.3. The van der Waals surface area contributed by atoms with E-state index in [0.29, 0.717) is 28.6 Å². The van der Waals surface area contributed by atoms with Gasteiger partial charge in [0.05, 0.1) is 40.0 Å². The van der Waals surface area contributed by atoms with Gasteiger partial charge in [0.25, 0.3) is 0 Å². The number of aromatic nitrogens is 4. The minimum Gasteiger partial charge on any atom is -0.308 e. The first-order valence-electron chi connectivity index (χ1n) is 23.9. The van der Waals surface area contributed by atoms with E-state index in [1.807, 2.05) is 72.8 Å². The molecule has 0 bridgehead atoms. The van der Waals surface area contributed by atoms with Crippen LogP contribution in [0.1, 0.15) is 11.1 Å². The van der Waals surface area contributed by atoms with E-state index in [0.717, 1.165) is 66.4 Å². The molecule has 0 radical (unpaired) electrons. The highest BCUT2D eigenvalue weighted by atomic mass is 28.3. The lowest BCUT2D eigenvalue weighted by Crippen LogP contribution is -2.74. The van der Waals surface area contributed by atoms with Crippen LogP contribution in [-0.2, 0) is 0 Å². The fourth-order valence-corrected chi connectivity index (χ4v) is 15.1. The van der Waals surface area contributed by atoms with Crippen molar-refractivity contribution in [3.63, 3.8) is 0 Å². The second-order valence-electron chi connectivity index (χ2n) is 17.8. The maximum Gasteiger partial charge on any atom is 0.179 e. The summed E-state index contributed by atoms with van der Waals surface area (Å²) in [6.07, 6.45) is 0. The van der Waals surface area contributed by atoms with Gasteiger partial charge in [-0.1, -0.05) is 212 Å². The molecule has 6 nitrogen and oxygen atoms in total. The van der Waals surface area contributed by atoms with Crippen molar-refractivity contribution in [3.8, 4) is 74.2 Å². The molecule has 0 fully saturated rings. The minimum absolute atomic E-state index is 0.430. The number of nitriles is 2. The summed E-state index contributed by atoms with van der Waals surface area (Å²) in [4.78, 5) is 15.7. The number of nitrogens with zero attached hydrogens (tertiary/aromatic N) is 6. The van der Waals surface area contributed by atoms with Gasteiger partial charge in [0, 0.05) is 27.5 Å². The Hall–Kier alpha value is -9.79. The lowest BCUT2D eigenvalue weighted by Gasteiger charge is -2.34. The molecule has 0 aliphatic heterocycles. The van der Waals surface area contributed by atoms with Gasteiger partial charge in [-0.2, -0.15) is 10.5 Å². The van der Waals surface area contributed by atoms with E-state index in [1.54, 1.807) is 6.07 Å². The van der Waals surface area contributed by atoms with E-state index < -0.39 is 8.07 Å². The number of rotatable bonds is 10. The van der Waals surface area contributed by atoms with Crippen molar-refractivity contribution in [1.29, 1.82) is 10.5 Å². The first kappa shape index (κ1) is 43.5. The predicted molar refractivity (Wildman–Crippen MR) is 294 cm³/mol. The molecule has 12 aromatic rings. The second kappa shape index (κ2) is 18.6. The Balaban J connectivity index is 1.15. The van der Waals surface area contributed by atoms with Crippen molar-refractivity contribution in [3.05, 3.63) is 266 Å². The average molecular weight is 935 g/mol. The van der Waals surface area contributed by atoms with Crippen molar-refractivity contribution in [2.75, 3.05) is 0 Å². The minimum atomic E-state index is -2.87. The molecule has 0 aliphatic carbocycles. The molecule has 0 amide bonds. The second-order valence-corrected chi connectivity index (χ2v) is 21.6. The molecule has 0 saturated heterocycles. The van der Waals surface area contributed by atoms with Gasteiger partial charge in [-0.05, 0) is 85.5 Å². The molecule has 336 valence electrons. The highest BCUT2D eigenvalue weighted by Crippen LogP contribution is 2.40. The van der Waals surface area contributed by atoms with E-state index in [1.165, 1.54) is 20.7 Å². The largest absolute Gasteiger partial charge is 0.308 e. The van der Waals surface area contributed by atoms with Crippen LogP contribution in [0.25, 0.3) is 83.9 Å². The summed E-state index contributed by atoms with van der Waals surface area (Å²) >= 11 is 0. The topological polar surface area (TPSA) is 91.2 Å². The van der Waals surface area contributed by atoms with Crippen LogP contribution in [0, 0.1) is 22.7 Å². The molecule has 0 unspecified atom stereocenters. The summed E-state index contributed by atoms with van der Waals surface area (Å²) in [5.41, 5.74) is 10.0. The van der Waals surface area contributed by atoms with Crippen LogP contribution in [0.3, 0.4) is 0 Å². The zero-order valence-corrected chi connectivity index (χ0v) is 39.9. The molecule has 0 saturated carbocycles. The SMILES string of the molecule is N#Cc1cc(C#N)cc(-c2ccc3c4ccccc4n(-c4cc(-c5cccc([Si](c6ccccc6)(c6ccccc6)c6ccccc6)c5)ccc4-c4nc(-c5ccccc5)nc(-c5ccccc5)n4)c3c2)c1. The molecule has 0 N–H and O–H groups in total. The predicted octanol–water partition coefficient (Wildman–Crippen LogP) is 12.4. The Morgan fingerprint density at radius 2 is 0.764 bits per heavy atom. The molecule has 0 aliphatic rings. The van der Waals surface area contributed by atoms with Crippen LogP contribution < -0.4 is 20.7 Å². The summed E-state index contributed by atoms with van der Waals surface area (Å²) in [5, 5.41) is 27.3. The number of para-hydroxylation sites is 1. The van der Waals surface area contributed by atoms with Gasteiger partial charge in [0.2, 0.25) is 0 Å². The Morgan fingerprint density at radius 3 is 1.33 bits per heavy atom. The number of fused-ring (bicyclic) bond motifs is 3. The van der Waals surface area contributed by atoms with Crippen LogP contribution in [0.15, 0.2) is 255 Å². The quantitative estimate of drug-likeness (QED) is 0.101. The third-order valence-electron chi connectivity index (χ3n) is 13.6. The van der Waals surface area contributed by atoms with Crippen LogP contribution in [0.5, 0.6) is 0 Å². The number of hydrogen-bond donors (Lipinski definition) is 0. The molecule has 2 heterocycles. The Morgan fingerprint density at radius 1 is 0.319 bits per heavy atom. The molecule has 12 rings (SSSR count).